The summed E-state index contributed by atoms with van der Waals surface area (Å²) in [7, 11) is -3.79. The quantitative estimate of drug-likeness (QED) is 0.853. The number of sulfonamides is 1. The van der Waals surface area contributed by atoms with Gasteiger partial charge in [-0.2, -0.15) is 4.31 Å². The maximum atomic E-state index is 12.7. The van der Waals surface area contributed by atoms with Crippen molar-refractivity contribution >= 4 is 21.8 Å². The van der Waals surface area contributed by atoms with E-state index in [2.05, 4.69) is 12.2 Å². The first-order valence-electron chi connectivity index (χ1n) is 8.54. The second-order valence-electron chi connectivity index (χ2n) is 6.69. The average molecular weight is 365 g/mol. The van der Waals surface area contributed by atoms with Crippen molar-refractivity contribution < 1.29 is 18.0 Å². The van der Waals surface area contributed by atoms with Crippen molar-refractivity contribution in [1.29, 1.82) is 0 Å². The summed E-state index contributed by atoms with van der Waals surface area (Å²) in [5, 5.41) is 2.61. The van der Waals surface area contributed by atoms with Gasteiger partial charge in [-0.05, 0) is 37.0 Å². The molecular weight excluding hydrogens is 342 g/mol. The Balaban J connectivity index is 1.81. The number of carbonyl (C=O) groups excluding carboxylic acids is 2. The molecule has 8 heteroatoms. The molecule has 2 aliphatic heterocycles. The number of benzene rings is 1. The predicted molar refractivity (Wildman–Crippen MR) is 92.5 cm³/mol. The Morgan fingerprint density at radius 3 is 2.60 bits per heavy atom. The zero-order valence-corrected chi connectivity index (χ0v) is 15.1. The van der Waals surface area contributed by atoms with Crippen molar-refractivity contribution in [2.24, 2.45) is 5.92 Å². The molecule has 3 rings (SSSR count). The SMILES string of the molecule is CC1CCN(C(=O)c2cccc(S(=O)(=O)N3CCNC(=O)C3)c2)CC1. The van der Waals surface area contributed by atoms with Gasteiger partial charge in [-0.25, -0.2) is 8.42 Å². The summed E-state index contributed by atoms with van der Waals surface area (Å²) in [5.41, 5.74) is 0.372. The number of nitrogens with zero attached hydrogens (tertiary/aromatic N) is 2. The number of carbonyl (C=O) groups is 2. The first-order chi connectivity index (χ1) is 11.9. The highest BCUT2D eigenvalue weighted by molar-refractivity contribution is 7.89. The van der Waals surface area contributed by atoms with Gasteiger partial charge in [-0.1, -0.05) is 13.0 Å². The van der Waals surface area contributed by atoms with Gasteiger partial charge >= 0.3 is 0 Å². The summed E-state index contributed by atoms with van der Waals surface area (Å²) in [6.07, 6.45) is 1.93. The molecule has 0 bridgehead atoms. The number of nitrogens with one attached hydrogen (secondary N) is 1. The van der Waals surface area contributed by atoms with Gasteiger partial charge in [-0.15, -0.1) is 0 Å². The fourth-order valence-corrected chi connectivity index (χ4v) is 4.60. The molecule has 25 heavy (non-hydrogen) atoms. The van der Waals surface area contributed by atoms with Crippen LogP contribution >= 0.6 is 0 Å². The van der Waals surface area contributed by atoms with Gasteiger partial charge in [0.1, 0.15) is 0 Å². The average Bonchev–Trinajstić information content (AvgIpc) is 2.62. The summed E-state index contributed by atoms with van der Waals surface area (Å²) in [6.45, 7) is 3.90. The molecule has 1 N–H and O–H groups in total. The molecule has 0 atom stereocenters. The van der Waals surface area contributed by atoms with Gasteiger partial charge in [0, 0.05) is 31.7 Å². The van der Waals surface area contributed by atoms with Crippen LogP contribution in [0.15, 0.2) is 29.2 Å². The van der Waals surface area contributed by atoms with Crippen LogP contribution in [0, 0.1) is 5.92 Å². The molecule has 0 aliphatic carbocycles. The normalized spacial score (nSPS) is 20.4. The van der Waals surface area contributed by atoms with E-state index in [1.54, 1.807) is 17.0 Å². The molecule has 2 aliphatic rings. The van der Waals surface area contributed by atoms with Crippen molar-refractivity contribution in [3.63, 3.8) is 0 Å². The topological polar surface area (TPSA) is 86.8 Å². The third-order valence-electron chi connectivity index (χ3n) is 4.79. The Labute approximate surface area is 148 Å². The number of amides is 2. The first kappa shape index (κ1) is 17.9. The van der Waals surface area contributed by atoms with Gasteiger partial charge in [0.15, 0.2) is 0 Å². The standard InChI is InChI=1S/C17H23N3O4S/c1-13-5-8-19(9-6-13)17(22)14-3-2-4-15(11-14)25(23,24)20-10-7-18-16(21)12-20/h2-4,11,13H,5-10,12H2,1H3,(H,18,21). The van der Waals surface area contributed by atoms with Gasteiger partial charge in [0.05, 0.1) is 11.4 Å². The molecule has 2 saturated heterocycles. The summed E-state index contributed by atoms with van der Waals surface area (Å²) in [5.74, 6) is 0.158. The van der Waals surface area contributed by atoms with E-state index in [1.807, 2.05) is 0 Å². The van der Waals surface area contributed by atoms with Crippen LogP contribution in [-0.4, -0.2) is 62.2 Å². The number of piperazine rings is 1. The van der Waals surface area contributed by atoms with Crippen molar-refractivity contribution in [1.82, 2.24) is 14.5 Å². The number of hydrogen-bond acceptors (Lipinski definition) is 4. The Hall–Kier alpha value is -1.93. The fourth-order valence-electron chi connectivity index (χ4n) is 3.15. The minimum absolute atomic E-state index is 0.0541. The van der Waals surface area contributed by atoms with Crippen LogP contribution in [0.2, 0.25) is 0 Å². The second kappa shape index (κ2) is 7.13. The van der Waals surface area contributed by atoms with Gasteiger partial charge in [0.25, 0.3) is 5.91 Å². The minimum Gasteiger partial charge on any atom is -0.354 e. The van der Waals surface area contributed by atoms with E-state index in [-0.39, 0.29) is 29.8 Å². The van der Waals surface area contributed by atoms with E-state index in [9.17, 15) is 18.0 Å². The van der Waals surface area contributed by atoms with Crippen molar-refractivity contribution in [2.45, 2.75) is 24.7 Å². The number of likely N-dealkylation sites (tertiary alicyclic amines) is 1. The van der Waals surface area contributed by atoms with Crippen molar-refractivity contribution in [3.8, 4) is 0 Å². The zero-order chi connectivity index (χ0) is 18.0. The lowest BCUT2D eigenvalue weighted by Crippen LogP contribution is -2.49. The van der Waals surface area contributed by atoms with Gasteiger partial charge in [-0.3, -0.25) is 9.59 Å². The van der Waals surface area contributed by atoms with E-state index in [4.69, 9.17) is 0 Å². The Kier molecular flexibility index (Phi) is 5.10. The van der Waals surface area contributed by atoms with E-state index < -0.39 is 10.0 Å². The second-order valence-corrected chi connectivity index (χ2v) is 8.63. The summed E-state index contributed by atoms with van der Waals surface area (Å²) >= 11 is 0. The molecular formula is C17H23N3O4S. The van der Waals surface area contributed by atoms with Crippen molar-refractivity contribution in [2.75, 3.05) is 32.7 Å². The van der Waals surface area contributed by atoms with Gasteiger partial charge in [0.2, 0.25) is 15.9 Å². The zero-order valence-electron chi connectivity index (χ0n) is 14.3. The molecule has 0 unspecified atom stereocenters. The van der Waals surface area contributed by atoms with E-state index >= 15 is 0 Å². The van der Waals surface area contributed by atoms with Crippen molar-refractivity contribution in [3.05, 3.63) is 29.8 Å². The molecule has 0 aromatic heterocycles. The molecule has 0 spiro atoms. The Morgan fingerprint density at radius 1 is 1.20 bits per heavy atom. The molecule has 2 fully saturated rings. The Bertz CT molecular complexity index is 770. The van der Waals surface area contributed by atoms with Crippen LogP contribution in [0.4, 0.5) is 0 Å². The highest BCUT2D eigenvalue weighted by Crippen LogP contribution is 2.21. The fraction of sp³-hybridized carbons (Fsp3) is 0.529. The molecule has 2 amide bonds. The molecule has 136 valence electrons. The lowest BCUT2D eigenvalue weighted by Gasteiger charge is -2.30. The van der Waals surface area contributed by atoms with Crippen LogP contribution in [0.1, 0.15) is 30.1 Å². The van der Waals surface area contributed by atoms with Crippen LogP contribution in [0.3, 0.4) is 0 Å². The molecule has 1 aromatic carbocycles. The van der Waals surface area contributed by atoms with Crippen LogP contribution in [0.25, 0.3) is 0 Å². The Morgan fingerprint density at radius 2 is 1.92 bits per heavy atom. The monoisotopic (exact) mass is 365 g/mol. The highest BCUT2D eigenvalue weighted by atomic mass is 32.2. The maximum Gasteiger partial charge on any atom is 0.253 e. The van der Waals surface area contributed by atoms with E-state index in [1.165, 1.54) is 12.1 Å². The molecule has 0 radical (unpaired) electrons. The molecule has 1 aromatic rings. The first-order valence-corrected chi connectivity index (χ1v) is 9.98. The number of hydrogen-bond donors (Lipinski definition) is 1. The predicted octanol–water partition coefficient (Wildman–Crippen LogP) is 0.679. The minimum atomic E-state index is -3.79. The largest absolute Gasteiger partial charge is 0.354 e. The van der Waals surface area contributed by atoms with Crippen LogP contribution < -0.4 is 5.32 Å². The smallest absolute Gasteiger partial charge is 0.253 e. The summed E-state index contributed by atoms with van der Waals surface area (Å²) < 4.78 is 26.6. The molecule has 7 nitrogen and oxygen atoms in total. The van der Waals surface area contributed by atoms with Crippen LogP contribution in [-0.2, 0) is 14.8 Å². The third kappa shape index (κ3) is 3.85. The van der Waals surface area contributed by atoms with E-state index in [0.717, 1.165) is 17.1 Å². The summed E-state index contributed by atoms with van der Waals surface area (Å²) in [6, 6.07) is 6.11. The third-order valence-corrected chi connectivity index (χ3v) is 6.63. The lowest BCUT2D eigenvalue weighted by atomic mass is 9.98. The lowest BCUT2D eigenvalue weighted by molar-refractivity contribution is -0.122. The molecule has 2 heterocycles. The maximum absolute atomic E-state index is 12.7. The highest BCUT2D eigenvalue weighted by Gasteiger charge is 2.30. The number of piperidine rings is 1. The van der Waals surface area contributed by atoms with E-state index in [0.29, 0.717) is 31.1 Å². The number of rotatable bonds is 3. The van der Waals surface area contributed by atoms with Gasteiger partial charge < -0.3 is 10.2 Å². The molecule has 0 saturated carbocycles. The summed E-state index contributed by atoms with van der Waals surface area (Å²) in [4.78, 5) is 26.0. The van der Waals surface area contributed by atoms with Crippen LogP contribution in [0.5, 0.6) is 0 Å².